The maximum atomic E-state index is 12.4. The largest absolute Gasteiger partial charge is 0.394 e. The fourth-order valence-electron chi connectivity index (χ4n) is 6.04. The van der Waals surface area contributed by atoms with E-state index in [9.17, 15) is 20.1 Å². The highest BCUT2D eigenvalue weighted by Gasteiger charge is 2.20. The van der Waals surface area contributed by atoms with E-state index in [4.69, 9.17) is 0 Å². The molecule has 276 valence electrons. The lowest BCUT2D eigenvalue weighted by atomic mass is 10.0. The van der Waals surface area contributed by atoms with Gasteiger partial charge in [-0.1, -0.05) is 185 Å². The zero-order chi connectivity index (χ0) is 34.5. The molecule has 0 aliphatic carbocycles. The van der Waals surface area contributed by atoms with Gasteiger partial charge in [-0.25, -0.2) is 0 Å². The molecule has 0 radical (unpaired) electrons. The van der Waals surface area contributed by atoms with Crippen LogP contribution in [0.1, 0.15) is 200 Å². The van der Waals surface area contributed by atoms with Crippen molar-refractivity contribution in [2.75, 3.05) is 6.61 Å². The number of unbranched alkanes of at least 4 members (excludes halogenated alkanes) is 24. The molecule has 0 saturated carbocycles. The van der Waals surface area contributed by atoms with E-state index < -0.39 is 18.2 Å². The third-order valence-electron chi connectivity index (χ3n) is 9.20. The summed E-state index contributed by atoms with van der Waals surface area (Å²) >= 11 is 0. The Morgan fingerprint density at radius 2 is 0.936 bits per heavy atom. The molecule has 0 heterocycles. The van der Waals surface area contributed by atoms with Crippen LogP contribution >= 0.6 is 0 Å². The van der Waals surface area contributed by atoms with Crippen LogP contribution in [0.3, 0.4) is 0 Å². The summed E-state index contributed by atoms with van der Waals surface area (Å²) in [6.07, 6.45) is 45.6. The van der Waals surface area contributed by atoms with Gasteiger partial charge in [-0.15, -0.1) is 0 Å². The number of aliphatic hydroxyl groups excluding tert-OH is 3. The molecule has 0 fully saturated rings. The van der Waals surface area contributed by atoms with Gasteiger partial charge < -0.3 is 20.6 Å². The van der Waals surface area contributed by atoms with Crippen molar-refractivity contribution in [2.24, 2.45) is 0 Å². The molecule has 0 aliphatic heterocycles. The maximum absolute atomic E-state index is 12.4. The molecule has 0 rings (SSSR count). The van der Waals surface area contributed by atoms with Crippen LogP contribution < -0.4 is 5.32 Å². The Morgan fingerprint density at radius 1 is 0.553 bits per heavy atom. The van der Waals surface area contributed by atoms with Crippen LogP contribution in [0.2, 0.25) is 0 Å². The Bertz CT molecular complexity index is 734. The summed E-state index contributed by atoms with van der Waals surface area (Å²) in [4.78, 5) is 12.4. The molecule has 4 N–H and O–H groups in total. The third-order valence-corrected chi connectivity index (χ3v) is 9.20. The summed E-state index contributed by atoms with van der Waals surface area (Å²) in [5.74, 6) is -0.329. The van der Waals surface area contributed by atoms with E-state index in [-0.39, 0.29) is 18.9 Å². The molecule has 0 aromatic carbocycles. The van der Waals surface area contributed by atoms with Gasteiger partial charge in [0, 0.05) is 0 Å². The highest BCUT2D eigenvalue weighted by molar-refractivity contribution is 5.76. The topological polar surface area (TPSA) is 89.8 Å². The van der Waals surface area contributed by atoms with Crippen molar-refractivity contribution in [3.63, 3.8) is 0 Å². The SMILES string of the molecule is CCCCC/C=C\C=C/CCCCCCC(O)CC(=O)NC(CO)C(O)/C=C/CCCCCCCCCCCCCCCCCCC. The number of amides is 1. The Morgan fingerprint density at radius 3 is 1.40 bits per heavy atom. The summed E-state index contributed by atoms with van der Waals surface area (Å²) < 4.78 is 0. The van der Waals surface area contributed by atoms with Crippen molar-refractivity contribution in [2.45, 2.75) is 218 Å². The Kier molecular flexibility index (Phi) is 36.3. The van der Waals surface area contributed by atoms with Gasteiger partial charge in [0.05, 0.1) is 31.3 Å². The summed E-state index contributed by atoms with van der Waals surface area (Å²) in [7, 11) is 0. The predicted molar refractivity (Wildman–Crippen MR) is 204 cm³/mol. The molecule has 0 aliphatic rings. The summed E-state index contributed by atoms with van der Waals surface area (Å²) in [5.41, 5.74) is 0. The number of hydrogen-bond donors (Lipinski definition) is 4. The van der Waals surface area contributed by atoms with Gasteiger partial charge in [-0.05, 0) is 44.9 Å². The van der Waals surface area contributed by atoms with Crippen LogP contribution in [0.4, 0.5) is 0 Å². The third kappa shape index (κ3) is 34.2. The molecule has 0 spiro atoms. The molecule has 47 heavy (non-hydrogen) atoms. The number of nitrogens with one attached hydrogen (secondary N) is 1. The van der Waals surface area contributed by atoms with E-state index in [1.807, 2.05) is 6.08 Å². The summed E-state index contributed by atoms with van der Waals surface area (Å²) in [5, 5.41) is 33.1. The second kappa shape index (κ2) is 37.4. The molecule has 0 aromatic heterocycles. The summed E-state index contributed by atoms with van der Waals surface area (Å²) in [6, 6.07) is -0.749. The predicted octanol–water partition coefficient (Wildman–Crippen LogP) is 11.2. The Balaban J connectivity index is 3.72. The Labute approximate surface area is 292 Å². The van der Waals surface area contributed by atoms with Crippen molar-refractivity contribution < 1.29 is 20.1 Å². The van der Waals surface area contributed by atoms with Gasteiger partial charge in [-0.3, -0.25) is 4.79 Å². The molecule has 5 heteroatoms. The highest BCUT2D eigenvalue weighted by atomic mass is 16.3. The quantitative estimate of drug-likeness (QED) is 0.0305. The minimum absolute atomic E-state index is 0.000479. The second-order valence-corrected chi connectivity index (χ2v) is 13.9. The lowest BCUT2D eigenvalue weighted by Gasteiger charge is -2.21. The number of rotatable bonds is 36. The van der Waals surface area contributed by atoms with Gasteiger partial charge in [-0.2, -0.15) is 0 Å². The standard InChI is InChI=1S/C42H79NO4/c1-3-5-7-9-11-13-15-17-18-19-20-21-22-24-26-28-30-32-34-36-41(46)40(38-44)43-42(47)37-39(45)35-33-31-29-27-25-23-16-14-12-10-8-6-4-2/h12,14,16,23,34,36,39-41,44-46H,3-11,13,15,17-22,24-33,35,37-38H2,1-2H3,(H,43,47)/b14-12-,23-16-,36-34+. The lowest BCUT2D eigenvalue weighted by molar-refractivity contribution is -0.124. The average molecular weight is 662 g/mol. The molecule has 0 bridgehead atoms. The fourth-order valence-corrected chi connectivity index (χ4v) is 6.04. The molecular formula is C42H79NO4. The highest BCUT2D eigenvalue weighted by Crippen LogP contribution is 2.15. The first-order chi connectivity index (χ1) is 23.0. The molecular weight excluding hydrogens is 582 g/mol. The number of aliphatic hydroxyl groups is 3. The first kappa shape index (κ1) is 45.6. The second-order valence-electron chi connectivity index (χ2n) is 13.9. The molecule has 5 nitrogen and oxygen atoms in total. The van der Waals surface area contributed by atoms with E-state index >= 15 is 0 Å². The minimum atomic E-state index is -0.933. The fraction of sp³-hybridized carbons (Fsp3) is 0.833. The van der Waals surface area contributed by atoms with E-state index in [2.05, 4.69) is 43.5 Å². The first-order valence-corrected chi connectivity index (χ1v) is 20.3. The monoisotopic (exact) mass is 662 g/mol. The van der Waals surface area contributed by atoms with E-state index in [1.54, 1.807) is 6.08 Å². The lowest BCUT2D eigenvalue weighted by Crippen LogP contribution is -2.45. The van der Waals surface area contributed by atoms with Crippen molar-refractivity contribution in [1.29, 1.82) is 0 Å². The maximum Gasteiger partial charge on any atom is 0.222 e. The van der Waals surface area contributed by atoms with E-state index in [0.717, 1.165) is 51.4 Å². The smallest absolute Gasteiger partial charge is 0.222 e. The van der Waals surface area contributed by atoms with Crippen LogP contribution in [0, 0.1) is 0 Å². The zero-order valence-corrected chi connectivity index (χ0v) is 31.2. The molecule has 0 aromatic rings. The molecule has 0 saturated heterocycles. The van der Waals surface area contributed by atoms with Crippen molar-refractivity contribution >= 4 is 5.91 Å². The number of hydrogen-bond acceptors (Lipinski definition) is 4. The van der Waals surface area contributed by atoms with E-state index in [0.29, 0.717) is 6.42 Å². The Hall–Kier alpha value is -1.43. The number of carbonyl (C=O) groups is 1. The number of carbonyl (C=O) groups excluding carboxylic acids is 1. The normalized spacial score (nSPS) is 14.1. The molecule has 3 atom stereocenters. The van der Waals surface area contributed by atoms with Gasteiger partial charge in [0.15, 0.2) is 0 Å². The van der Waals surface area contributed by atoms with E-state index in [1.165, 1.54) is 122 Å². The van der Waals surface area contributed by atoms with Crippen LogP contribution in [-0.2, 0) is 4.79 Å². The molecule has 3 unspecified atom stereocenters. The average Bonchev–Trinajstić information content (AvgIpc) is 3.06. The van der Waals surface area contributed by atoms with Gasteiger partial charge in [0.1, 0.15) is 0 Å². The van der Waals surface area contributed by atoms with Crippen molar-refractivity contribution in [3.8, 4) is 0 Å². The van der Waals surface area contributed by atoms with Gasteiger partial charge >= 0.3 is 0 Å². The van der Waals surface area contributed by atoms with Crippen molar-refractivity contribution in [1.82, 2.24) is 5.32 Å². The first-order valence-electron chi connectivity index (χ1n) is 20.3. The van der Waals surface area contributed by atoms with Crippen LogP contribution in [0.5, 0.6) is 0 Å². The number of allylic oxidation sites excluding steroid dienone is 5. The summed E-state index contributed by atoms with van der Waals surface area (Å²) in [6.45, 7) is 4.17. The van der Waals surface area contributed by atoms with Gasteiger partial charge in [0.25, 0.3) is 0 Å². The van der Waals surface area contributed by atoms with Gasteiger partial charge in [0.2, 0.25) is 5.91 Å². The van der Waals surface area contributed by atoms with Crippen LogP contribution in [0.15, 0.2) is 36.5 Å². The minimum Gasteiger partial charge on any atom is -0.394 e. The van der Waals surface area contributed by atoms with Crippen LogP contribution in [0.25, 0.3) is 0 Å². The van der Waals surface area contributed by atoms with Crippen molar-refractivity contribution in [3.05, 3.63) is 36.5 Å². The zero-order valence-electron chi connectivity index (χ0n) is 31.2. The molecule has 1 amide bonds. The van der Waals surface area contributed by atoms with Crippen LogP contribution in [-0.4, -0.2) is 46.1 Å².